The summed E-state index contributed by atoms with van der Waals surface area (Å²) in [4.78, 5) is 34.8. The third kappa shape index (κ3) is 35.8. The van der Waals surface area contributed by atoms with Gasteiger partial charge in [-0.2, -0.15) is 0 Å². The van der Waals surface area contributed by atoms with Crippen LogP contribution in [0.15, 0.2) is 60.8 Å². The van der Waals surface area contributed by atoms with Crippen molar-refractivity contribution in [2.45, 2.75) is 154 Å². The summed E-state index contributed by atoms with van der Waals surface area (Å²) in [5.41, 5.74) is 0. The third-order valence-electron chi connectivity index (χ3n) is 7.69. The number of hydrogen-bond acceptors (Lipinski definition) is 9. The van der Waals surface area contributed by atoms with E-state index in [2.05, 4.69) is 67.0 Å². The molecule has 3 N–H and O–H groups in total. The Hall–Kier alpha value is -2.33. The first-order valence-electron chi connectivity index (χ1n) is 19.2. The summed E-state index contributed by atoms with van der Waals surface area (Å²) in [7, 11) is -4.63. The number of ether oxygens (including phenoxy) is 2. The fourth-order valence-corrected chi connectivity index (χ4v) is 5.52. The molecule has 0 aromatic rings. The molecule has 294 valence electrons. The van der Waals surface area contributed by atoms with E-state index in [1.54, 1.807) is 0 Å². The highest BCUT2D eigenvalue weighted by Gasteiger charge is 2.27. The fraction of sp³-hybridized carbons (Fsp3) is 0.700. The largest absolute Gasteiger partial charge is 0.472 e. The van der Waals surface area contributed by atoms with Crippen LogP contribution in [0.25, 0.3) is 0 Å². The molecule has 0 heterocycles. The van der Waals surface area contributed by atoms with Crippen molar-refractivity contribution in [1.29, 1.82) is 0 Å². The number of carbonyl (C=O) groups excluding carboxylic acids is 2. The number of aliphatic hydroxyl groups is 2. The molecule has 3 atom stereocenters. The monoisotopic (exact) mass is 740 g/mol. The van der Waals surface area contributed by atoms with Crippen molar-refractivity contribution in [1.82, 2.24) is 0 Å². The van der Waals surface area contributed by atoms with E-state index in [0.29, 0.717) is 19.3 Å². The fourth-order valence-electron chi connectivity index (χ4n) is 4.73. The van der Waals surface area contributed by atoms with Crippen molar-refractivity contribution in [2.24, 2.45) is 0 Å². The zero-order valence-corrected chi connectivity index (χ0v) is 32.4. The lowest BCUT2D eigenvalue weighted by molar-refractivity contribution is -0.161. The number of phosphoric acid groups is 1. The highest BCUT2D eigenvalue weighted by molar-refractivity contribution is 7.47. The number of carbonyl (C=O) groups is 2. The molecule has 0 bridgehead atoms. The molecule has 0 spiro atoms. The van der Waals surface area contributed by atoms with E-state index in [4.69, 9.17) is 19.1 Å². The van der Waals surface area contributed by atoms with Crippen LogP contribution in [0.1, 0.15) is 142 Å². The number of allylic oxidation sites excluding steroid dienone is 10. The lowest BCUT2D eigenvalue weighted by Gasteiger charge is -2.20. The number of unbranched alkanes of at least 4 members (excludes halogenated alkanes) is 11. The van der Waals surface area contributed by atoms with E-state index < -0.39 is 51.8 Å². The average molecular weight is 741 g/mol. The lowest BCUT2D eigenvalue weighted by Crippen LogP contribution is -2.29. The second kappa shape index (κ2) is 36.0. The maximum atomic E-state index is 12.5. The van der Waals surface area contributed by atoms with Crippen molar-refractivity contribution >= 4 is 19.8 Å². The standard InChI is InChI=1S/C40H69O10P/c1-3-5-7-9-11-13-15-16-17-18-19-20-22-24-26-28-30-32-40(44)50-38(36-49-51(45,46)48-34-37(42)33-41)35-47-39(43)31-29-27-25-23-21-14-12-10-8-6-4-2/h5,7,11,13,16-17,19-20,24,26,37-38,41-42H,3-4,6,8-10,12,14-15,18,21-23,25,27-36H2,1-2H3,(H,45,46)/b7-5+,13-11+,17-16+,20-19+,26-24+/t37-,38+/m0/s1. The van der Waals surface area contributed by atoms with Crippen LogP contribution < -0.4 is 0 Å². The molecule has 51 heavy (non-hydrogen) atoms. The zero-order valence-electron chi connectivity index (χ0n) is 31.5. The molecule has 0 saturated carbocycles. The van der Waals surface area contributed by atoms with Crippen molar-refractivity contribution < 1.29 is 47.8 Å². The minimum atomic E-state index is -4.63. The molecule has 0 fully saturated rings. The lowest BCUT2D eigenvalue weighted by atomic mass is 10.1. The second-order valence-electron chi connectivity index (χ2n) is 12.6. The number of aliphatic hydroxyl groups excluding tert-OH is 2. The van der Waals surface area contributed by atoms with Gasteiger partial charge in [0.1, 0.15) is 12.7 Å². The Morgan fingerprint density at radius 3 is 1.61 bits per heavy atom. The molecule has 0 aliphatic carbocycles. The SMILES string of the molecule is CC/C=C/C/C=C/C/C=C/C/C=C/C/C=C/CCCC(=O)O[C@H](COC(=O)CCCCCCCCCCCCC)COP(=O)(O)OC[C@@H](O)CO. The number of rotatable bonds is 35. The quantitative estimate of drug-likeness (QED) is 0.0248. The van der Waals surface area contributed by atoms with Crippen LogP contribution in [0.3, 0.4) is 0 Å². The predicted molar refractivity (Wildman–Crippen MR) is 205 cm³/mol. The van der Waals surface area contributed by atoms with Crippen LogP contribution in [0.4, 0.5) is 0 Å². The Morgan fingerprint density at radius 2 is 1.08 bits per heavy atom. The summed E-state index contributed by atoms with van der Waals surface area (Å²) >= 11 is 0. The molecule has 0 saturated heterocycles. The van der Waals surface area contributed by atoms with E-state index in [1.807, 2.05) is 12.2 Å². The molecule has 0 aliphatic rings. The first-order chi connectivity index (χ1) is 24.7. The Kier molecular flexibility index (Phi) is 34.4. The van der Waals surface area contributed by atoms with Gasteiger partial charge in [0.15, 0.2) is 6.10 Å². The van der Waals surface area contributed by atoms with Gasteiger partial charge in [-0.05, 0) is 51.4 Å². The van der Waals surface area contributed by atoms with Gasteiger partial charge in [0.25, 0.3) is 0 Å². The molecule has 0 amide bonds. The summed E-state index contributed by atoms with van der Waals surface area (Å²) in [6, 6.07) is 0. The molecular formula is C40H69O10P. The van der Waals surface area contributed by atoms with Crippen molar-refractivity contribution in [3.8, 4) is 0 Å². The van der Waals surface area contributed by atoms with Gasteiger partial charge >= 0.3 is 19.8 Å². The van der Waals surface area contributed by atoms with Crippen LogP contribution in [0, 0.1) is 0 Å². The maximum absolute atomic E-state index is 12.5. The Labute approximate surface area is 308 Å². The van der Waals surface area contributed by atoms with Crippen molar-refractivity contribution in [3.05, 3.63) is 60.8 Å². The number of phosphoric ester groups is 1. The minimum absolute atomic E-state index is 0.105. The second-order valence-corrected chi connectivity index (χ2v) is 14.0. The van der Waals surface area contributed by atoms with Crippen molar-refractivity contribution in [3.63, 3.8) is 0 Å². The van der Waals surface area contributed by atoms with Crippen LogP contribution in [-0.2, 0) is 32.7 Å². The van der Waals surface area contributed by atoms with E-state index in [1.165, 1.54) is 44.9 Å². The Balaban J connectivity index is 4.48. The molecule has 0 aromatic heterocycles. The van der Waals surface area contributed by atoms with Gasteiger partial charge in [0.05, 0.1) is 19.8 Å². The molecule has 0 aromatic carbocycles. The molecule has 0 rings (SSSR count). The summed E-state index contributed by atoms with van der Waals surface area (Å²) in [5, 5.41) is 18.3. The predicted octanol–water partition coefficient (Wildman–Crippen LogP) is 9.55. The Morgan fingerprint density at radius 1 is 0.608 bits per heavy atom. The van der Waals surface area contributed by atoms with E-state index in [0.717, 1.165) is 51.4 Å². The van der Waals surface area contributed by atoms with Crippen LogP contribution >= 0.6 is 7.82 Å². The van der Waals surface area contributed by atoms with Gasteiger partial charge in [-0.3, -0.25) is 18.6 Å². The smallest absolute Gasteiger partial charge is 0.462 e. The maximum Gasteiger partial charge on any atom is 0.472 e. The van der Waals surface area contributed by atoms with E-state index in [-0.39, 0.29) is 19.4 Å². The molecule has 1 unspecified atom stereocenters. The van der Waals surface area contributed by atoms with Gasteiger partial charge in [0, 0.05) is 12.8 Å². The average Bonchev–Trinajstić information content (AvgIpc) is 3.12. The first-order valence-corrected chi connectivity index (χ1v) is 20.7. The summed E-state index contributed by atoms with van der Waals surface area (Å²) in [6.45, 7) is 2.16. The Bertz CT molecular complexity index is 1040. The number of hydrogen-bond donors (Lipinski definition) is 3. The highest BCUT2D eigenvalue weighted by Crippen LogP contribution is 2.43. The van der Waals surface area contributed by atoms with Crippen LogP contribution in [0.5, 0.6) is 0 Å². The number of esters is 2. The summed E-state index contributed by atoms with van der Waals surface area (Å²) in [6.07, 6.45) is 37.7. The molecule has 0 radical (unpaired) electrons. The van der Waals surface area contributed by atoms with Gasteiger partial charge in [-0.25, -0.2) is 4.57 Å². The molecule has 10 nitrogen and oxygen atoms in total. The van der Waals surface area contributed by atoms with E-state index >= 15 is 0 Å². The van der Waals surface area contributed by atoms with Crippen molar-refractivity contribution in [2.75, 3.05) is 26.4 Å². The van der Waals surface area contributed by atoms with Gasteiger partial charge in [0.2, 0.25) is 0 Å². The topological polar surface area (TPSA) is 149 Å². The highest BCUT2D eigenvalue weighted by atomic mass is 31.2. The third-order valence-corrected chi connectivity index (χ3v) is 8.64. The minimum Gasteiger partial charge on any atom is -0.462 e. The zero-order chi connectivity index (χ0) is 37.7. The summed E-state index contributed by atoms with van der Waals surface area (Å²) in [5.74, 6) is -0.998. The normalized spacial score (nSPS) is 14.7. The van der Waals surface area contributed by atoms with Crippen LogP contribution in [-0.4, -0.2) is 65.7 Å². The molecular weight excluding hydrogens is 671 g/mol. The van der Waals surface area contributed by atoms with Crippen LogP contribution in [0.2, 0.25) is 0 Å². The van der Waals surface area contributed by atoms with Gasteiger partial charge in [-0.15, -0.1) is 0 Å². The first kappa shape index (κ1) is 48.7. The van der Waals surface area contributed by atoms with Gasteiger partial charge in [-0.1, -0.05) is 139 Å². The molecule has 0 aliphatic heterocycles. The van der Waals surface area contributed by atoms with E-state index in [9.17, 15) is 24.2 Å². The molecule has 11 heteroatoms. The summed E-state index contributed by atoms with van der Waals surface area (Å²) < 4.78 is 32.5. The van der Waals surface area contributed by atoms with Gasteiger partial charge < -0.3 is 24.6 Å².